The smallest absolute Gasteiger partial charge is 0.243 e. The van der Waals surface area contributed by atoms with Crippen molar-refractivity contribution in [3.63, 3.8) is 0 Å². The van der Waals surface area contributed by atoms with E-state index in [0.29, 0.717) is 17.9 Å². The van der Waals surface area contributed by atoms with Gasteiger partial charge in [-0.1, -0.05) is 30.5 Å². The number of unbranched alkanes of at least 4 members (excludes halogenated alkanes) is 2. The first-order valence-corrected chi connectivity index (χ1v) is 8.64. The molecular weight excluding hydrogens is 277 g/mol. The normalized spacial score (nSPS) is 19.8. The molecule has 0 aromatic heterocycles. The summed E-state index contributed by atoms with van der Waals surface area (Å²) in [6.07, 6.45) is 4.07. The summed E-state index contributed by atoms with van der Waals surface area (Å²) < 4.78 is 38.6. The van der Waals surface area contributed by atoms with Gasteiger partial charge in [0.05, 0.1) is 11.6 Å². The molecule has 1 saturated heterocycles. The zero-order valence-electron chi connectivity index (χ0n) is 11.9. The van der Waals surface area contributed by atoms with Gasteiger partial charge in [0.1, 0.15) is 0 Å². The molecule has 0 spiro atoms. The van der Waals surface area contributed by atoms with E-state index in [0.717, 1.165) is 31.2 Å². The summed E-state index contributed by atoms with van der Waals surface area (Å²) in [4.78, 5) is 0.372. The maximum atomic E-state index is 12.5. The van der Waals surface area contributed by atoms with Gasteiger partial charge >= 0.3 is 0 Å². The van der Waals surface area contributed by atoms with Crippen LogP contribution in [0.15, 0.2) is 29.2 Å². The Bertz CT molecular complexity index is 527. The molecule has 1 atom stereocenters. The zero-order valence-corrected chi connectivity index (χ0v) is 12.7. The van der Waals surface area contributed by atoms with Crippen LogP contribution >= 0.6 is 0 Å². The highest BCUT2D eigenvalue weighted by atomic mass is 32.2. The summed E-state index contributed by atoms with van der Waals surface area (Å²) in [6, 6.07) is 7.08. The van der Waals surface area contributed by atoms with Crippen molar-refractivity contribution < 1.29 is 12.8 Å². The second kappa shape index (κ2) is 6.68. The van der Waals surface area contributed by atoms with E-state index in [1.54, 1.807) is 16.4 Å². The first kappa shape index (κ1) is 15.4. The monoisotopic (exact) mass is 299 g/mol. The van der Waals surface area contributed by atoms with Crippen LogP contribution in [-0.4, -0.2) is 32.0 Å². The molecule has 20 heavy (non-hydrogen) atoms. The van der Waals surface area contributed by atoms with Crippen molar-refractivity contribution in [1.82, 2.24) is 4.31 Å². The van der Waals surface area contributed by atoms with Gasteiger partial charge < -0.3 is 0 Å². The van der Waals surface area contributed by atoms with Crippen LogP contribution < -0.4 is 0 Å². The van der Waals surface area contributed by atoms with Crippen molar-refractivity contribution in [2.24, 2.45) is 0 Å². The average Bonchev–Trinajstić information content (AvgIpc) is 2.37. The van der Waals surface area contributed by atoms with Crippen molar-refractivity contribution >= 4 is 10.0 Å². The fraction of sp³-hybridized carbons (Fsp3) is 0.600. The highest BCUT2D eigenvalue weighted by molar-refractivity contribution is 7.89. The number of sulfonamides is 1. The van der Waals surface area contributed by atoms with Crippen LogP contribution in [0.2, 0.25) is 0 Å². The van der Waals surface area contributed by atoms with Gasteiger partial charge in [0.15, 0.2) is 0 Å². The molecule has 1 fully saturated rings. The Morgan fingerprint density at radius 1 is 1.20 bits per heavy atom. The van der Waals surface area contributed by atoms with Crippen LogP contribution in [0.5, 0.6) is 0 Å². The molecule has 0 aliphatic carbocycles. The van der Waals surface area contributed by atoms with Crippen molar-refractivity contribution in [3.05, 3.63) is 29.8 Å². The van der Waals surface area contributed by atoms with Gasteiger partial charge in [-0.25, -0.2) is 8.42 Å². The van der Waals surface area contributed by atoms with Crippen molar-refractivity contribution in [2.75, 3.05) is 13.2 Å². The number of rotatable bonds is 7. The molecule has 0 unspecified atom stereocenters. The lowest BCUT2D eigenvalue weighted by Gasteiger charge is -2.39. The van der Waals surface area contributed by atoms with Crippen LogP contribution in [0, 0.1) is 6.92 Å². The van der Waals surface area contributed by atoms with Gasteiger partial charge in [-0.2, -0.15) is 4.31 Å². The van der Waals surface area contributed by atoms with Gasteiger partial charge in [-0.05, 0) is 38.3 Å². The summed E-state index contributed by atoms with van der Waals surface area (Å²) in [5.41, 5.74) is 1.05. The number of nitrogens with zero attached hydrogens (tertiary/aromatic N) is 1. The fourth-order valence-corrected chi connectivity index (χ4v) is 4.22. The Labute approximate surface area is 120 Å². The molecule has 0 bridgehead atoms. The lowest BCUT2D eigenvalue weighted by molar-refractivity contribution is 0.184. The van der Waals surface area contributed by atoms with Gasteiger partial charge in [-0.15, -0.1) is 0 Å². The van der Waals surface area contributed by atoms with E-state index in [2.05, 4.69) is 0 Å². The Hall–Kier alpha value is -0.940. The van der Waals surface area contributed by atoms with Gasteiger partial charge in [0.25, 0.3) is 0 Å². The minimum Gasteiger partial charge on any atom is -0.251 e. The molecule has 0 N–H and O–H groups in total. The van der Waals surface area contributed by atoms with Gasteiger partial charge in [-0.3, -0.25) is 4.39 Å². The first-order chi connectivity index (χ1) is 9.55. The topological polar surface area (TPSA) is 37.4 Å². The number of aryl methyl sites for hydroxylation is 1. The van der Waals surface area contributed by atoms with E-state index in [-0.39, 0.29) is 12.7 Å². The first-order valence-electron chi connectivity index (χ1n) is 7.20. The molecule has 1 heterocycles. The molecule has 0 radical (unpaired) electrons. The van der Waals surface area contributed by atoms with Crippen LogP contribution in [0.4, 0.5) is 4.39 Å². The Kier molecular flexibility index (Phi) is 5.16. The van der Waals surface area contributed by atoms with E-state index in [4.69, 9.17) is 0 Å². The SMILES string of the molecule is Cc1ccc(S(=O)(=O)N2CC[C@H]2CCCCCF)cc1. The van der Waals surface area contributed by atoms with Crippen molar-refractivity contribution in [2.45, 2.75) is 50.0 Å². The van der Waals surface area contributed by atoms with Crippen molar-refractivity contribution in [1.29, 1.82) is 0 Å². The van der Waals surface area contributed by atoms with E-state index >= 15 is 0 Å². The molecule has 1 aromatic rings. The minimum absolute atomic E-state index is 0.0981. The lowest BCUT2D eigenvalue weighted by atomic mass is 10.00. The predicted octanol–water partition coefficient (Wildman–Crippen LogP) is 3.29. The average molecular weight is 299 g/mol. The number of benzene rings is 1. The molecule has 5 heteroatoms. The molecule has 112 valence electrons. The van der Waals surface area contributed by atoms with E-state index in [1.807, 2.05) is 19.1 Å². The lowest BCUT2D eigenvalue weighted by Crippen LogP contribution is -2.50. The van der Waals surface area contributed by atoms with E-state index in [1.165, 1.54) is 0 Å². The second-order valence-electron chi connectivity index (χ2n) is 5.41. The molecule has 1 aliphatic heterocycles. The highest BCUT2D eigenvalue weighted by Gasteiger charge is 2.37. The van der Waals surface area contributed by atoms with Gasteiger partial charge in [0, 0.05) is 12.6 Å². The summed E-state index contributed by atoms with van der Waals surface area (Å²) in [5.74, 6) is 0. The standard InChI is InChI=1S/C15H22FNO2S/c1-13-6-8-15(9-7-13)20(18,19)17-12-10-14(17)5-3-2-4-11-16/h6-9,14H,2-5,10-12H2,1H3/t14-/m1/s1. The van der Waals surface area contributed by atoms with Crippen LogP contribution in [0.3, 0.4) is 0 Å². The maximum absolute atomic E-state index is 12.5. The van der Waals surface area contributed by atoms with Crippen LogP contribution in [-0.2, 0) is 10.0 Å². The summed E-state index contributed by atoms with van der Waals surface area (Å²) >= 11 is 0. The number of hydrogen-bond acceptors (Lipinski definition) is 2. The maximum Gasteiger partial charge on any atom is 0.243 e. The van der Waals surface area contributed by atoms with Crippen LogP contribution in [0.1, 0.15) is 37.7 Å². The molecule has 2 rings (SSSR count). The molecule has 1 aliphatic rings. The number of alkyl halides is 1. The largest absolute Gasteiger partial charge is 0.251 e. The third-order valence-corrected chi connectivity index (χ3v) is 5.85. The third kappa shape index (κ3) is 3.38. The Morgan fingerprint density at radius 2 is 1.90 bits per heavy atom. The fourth-order valence-electron chi connectivity index (χ4n) is 2.52. The van der Waals surface area contributed by atoms with Crippen molar-refractivity contribution in [3.8, 4) is 0 Å². The Morgan fingerprint density at radius 3 is 2.45 bits per heavy atom. The molecule has 3 nitrogen and oxygen atoms in total. The van der Waals surface area contributed by atoms with E-state index in [9.17, 15) is 12.8 Å². The minimum atomic E-state index is -3.35. The van der Waals surface area contributed by atoms with Gasteiger partial charge in [0.2, 0.25) is 10.0 Å². The summed E-state index contributed by atoms with van der Waals surface area (Å²) in [7, 11) is -3.35. The molecule has 0 saturated carbocycles. The van der Waals surface area contributed by atoms with E-state index < -0.39 is 10.0 Å². The number of halogens is 1. The summed E-state index contributed by atoms with van der Waals surface area (Å²) in [5, 5.41) is 0. The quantitative estimate of drug-likeness (QED) is 0.725. The molecular formula is C15H22FNO2S. The van der Waals surface area contributed by atoms with Crippen LogP contribution in [0.25, 0.3) is 0 Å². The second-order valence-corrected chi connectivity index (χ2v) is 7.30. The molecule has 1 aromatic carbocycles. The zero-order chi connectivity index (χ0) is 14.6. The Balaban J connectivity index is 1.97. The molecule has 0 amide bonds. The highest BCUT2D eigenvalue weighted by Crippen LogP contribution is 2.30. The summed E-state index contributed by atoms with van der Waals surface area (Å²) in [6.45, 7) is 2.26. The predicted molar refractivity (Wildman–Crippen MR) is 77.9 cm³/mol. The number of hydrogen-bond donors (Lipinski definition) is 0. The third-order valence-electron chi connectivity index (χ3n) is 3.89.